The predicted molar refractivity (Wildman–Crippen MR) is 110 cm³/mol. The first-order chi connectivity index (χ1) is 12.1. The molecule has 2 N–H and O–H groups in total. The maximum atomic E-state index is 11.4. The summed E-state index contributed by atoms with van der Waals surface area (Å²) in [7, 11) is 1.43. The standard InChI is InChI=1S/C18H27N3O4.2ClH/c1-25-16-12-14(11-15(18(16)22)21(23)24)17(13-5-3-2-4-6-13)20-9-7-19-8-10-20;;/h11-13,17,19,22H,2-10H2,1H3;2*1H/t17-;;/m0../s1. The highest BCUT2D eigenvalue weighted by Crippen LogP contribution is 2.44. The summed E-state index contributed by atoms with van der Waals surface area (Å²) in [5.41, 5.74) is 0.612. The van der Waals surface area contributed by atoms with Crippen LogP contribution in [0.3, 0.4) is 0 Å². The molecule has 0 bridgehead atoms. The molecule has 0 radical (unpaired) electrons. The minimum Gasteiger partial charge on any atom is -0.500 e. The molecule has 1 aromatic rings. The molecular formula is C18H29Cl2N3O4. The third-order valence-corrected chi connectivity index (χ3v) is 5.48. The van der Waals surface area contributed by atoms with Gasteiger partial charge in [0.25, 0.3) is 0 Å². The Hall–Kier alpha value is -1.28. The molecule has 3 rings (SSSR count). The Balaban J connectivity index is 0.00000182. The topological polar surface area (TPSA) is 87.9 Å². The van der Waals surface area contributed by atoms with Crippen molar-refractivity contribution >= 4 is 30.5 Å². The van der Waals surface area contributed by atoms with Gasteiger partial charge in [-0.05, 0) is 30.4 Å². The van der Waals surface area contributed by atoms with E-state index < -0.39 is 4.92 Å². The Labute approximate surface area is 172 Å². The predicted octanol–water partition coefficient (Wildman–Crippen LogP) is 3.68. The minimum atomic E-state index is -0.531. The van der Waals surface area contributed by atoms with Crippen LogP contribution in [0, 0.1) is 16.0 Å². The molecule has 1 aliphatic carbocycles. The van der Waals surface area contributed by atoms with Gasteiger partial charge in [0.05, 0.1) is 12.0 Å². The summed E-state index contributed by atoms with van der Waals surface area (Å²) in [6, 6.07) is 3.46. The highest BCUT2D eigenvalue weighted by molar-refractivity contribution is 5.85. The molecule has 154 valence electrons. The third-order valence-electron chi connectivity index (χ3n) is 5.48. The first-order valence-electron chi connectivity index (χ1n) is 9.12. The number of hydrogen-bond donors (Lipinski definition) is 2. The second kappa shape index (κ2) is 10.9. The van der Waals surface area contributed by atoms with E-state index in [1.807, 2.05) is 0 Å². The number of phenols is 1. The molecule has 0 aromatic heterocycles. The van der Waals surface area contributed by atoms with Crippen LogP contribution in [0.5, 0.6) is 11.5 Å². The van der Waals surface area contributed by atoms with Gasteiger partial charge in [-0.25, -0.2) is 0 Å². The summed E-state index contributed by atoms with van der Waals surface area (Å²) in [6.07, 6.45) is 5.98. The molecular weight excluding hydrogens is 393 g/mol. The molecule has 1 atom stereocenters. The highest BCUT2D eigenvalue weighted by atomic mass is 35.5. The van der Waals surface area contributed by atoms with Gasteiger partial charge in [0.2, 0.25) is 5.75 Å². The lowest BCUT2D eigenvalue weighted by molar-refractivity contribution is -0.386. The van der Waals surface area contributed by atoms with Crippen LogP contribution in [0.25, 0.3) is 0 Å². The number of halogens is 2. The molecule has 9 heteroatoms. The molecule has 1 saturated heterocycles. The number of ether oxygens (including phenoxy) is 1. The molecule has 1 heterocycles. The molecule has 0 amide bonds. The van der Waals surface area contributed by atoms with Gasteiger partial charge >= 0.3 is 5.69 Å². The number of nitro groups is 1. The fourth-order valence-electron chi connectivity index (χ4n) is 4.27. The summed E-state index contributed by atoms with van der Waals surface area (Å²) in [5.74, 6) is 0.278. The van der Waals surface area contributed by atoms with Crippen LogP contribution in [0.4, 0.5) is 5.69 Å². The molecule has 2 fully saturated rings. The van der Waals surface area contributed by atoms with Crippen LogP contribution in [0.15, 0.2) is 12.1 Å². The zero-order valence-corrected chi connectivity index (χ0v) is 17.2. The Bertz CT molecular complexity index is 603. The van der Waals surface area contributed by atoms with Gasteiger partial charge in [0.1, 0.15) is 0 Å². The summed E-state index contributed by atoms with van der Waals surface area (Å²) in [6.45, 7) is 3.72. The number of hydrogen-bond acceptors (Lipinski definition) is 6. The number of methoxy groups -OCH3 is 1. The fourth-order valence-corrected chi connectivity index (χ4v) is 4.27. The number of phenolic OH excluding ortho intramolecular Hbond substituents is 1. The second-order valence-corrected chi connectivity index (χ2v) is 6.98. The number of benzene rings is 1. The number of rotatable bonds is 5. The van der Waals surface area contributed by atoms with Crippen LogP contribution in [0.2, 0.25) is 0 Å². The monoisotopic (exact) mass is 421 g/mol. The maximum absolute atomic E-state index is 11.4. The Morgan fingerprint density at radius 1 is 1.22 bits per heavy atom. The van der Waals surface area contributed by atoms with Crippen LogP contribution in [0.1, 0.15) is 43.7 Å². The van der Waals surface area contributed by atoms with Gasteiger partial charge in [-0.3, -0.25) is 15.0 Å². The van der Waals surface area contributed by atoms with Gasteiger partial charge in [0, 0.05) is 38.3 Å². The van der Waals surface area contributed by atoms with E-state index in [0.717, 1.165) is 44.6 Å². The van der Waals surface area contributed by atoms with Gasteiger partial charge in [-0.1, -0.05) is 19.3 Å². The lowest BCUT2D eigenvalue weighted by Gasteiger charge is -2.41. The Kier molecular flexibility index (Phi) is 9.59. The number of aromatic hydroxyl groups is 1. The normalized spacial score (nSPS) is 19.4. The minimum absolute atomic E-state index is 0. The van der Waals surface area contributed by atoms with E-state index in [1.165, 1.54) is 26.4 Å². The van der Waals surface area contributed by atoms with Crippen LogP contribution >= 0.6 is 24.8 Å². The SMILES string of the molecule is COc1cc([C@H](C2CCCCC2)N2CCNCC2)cc([N+](=O)[O-])c1O.Cl.Cl. The van der Waals surface area contributed by atoms with Crippen LogP contribution in [-0.4, -0.2) is 48.2 Å². The highest BCUT2D eigenvalue weighted by Gasteiger charge is 2.33. The lowest BCUT2D eigenvalue weighted by atomic mass is 9.80. The van der Waals surface area contributed by atoms with Crippen molar-refractivity contribution in [2.75, 3.05) is 33.3 Å². The number of nitrogens with one attached hydrogen (secondary N) is 1. The van der Waals surface area contributed by atoms with Crippen LogP contribution in [-0.2, 0) is 0 Å². The zero-order valence-electron chi connectivity index (χ0n) is 15.6. The molecule has 27 heavy (non-hydrogen) atoms. The molecule has 1 saturated carbocycles. The first kappa shape index (κ1) is 23.8. The average molecular weight is 422 g/mol. The van der Waals surface area contributed by atoms with Crippen LogP contribution < -0.4 is 10.1 Å². The first-order valence-corrected chi connectivity index (χ1v) is 9.12. The third kappa shape index (κ3) is 5.38. The van der Waals surface area contributed by atoms with Gasteiger partial charge in [-0.2, -0.15) is 0 Å². The summed E-state index contributed by atoms with van der Waals surface area (Å²) in [5, 5.41) is 24.9. The summed E-state index contributed by atoms with van der Waals surface area (Å²) < 4.78 is 5.22. The van der Waals surface area contributed by atoms with Gasteiger partial charge in [-0.15, -0.1) is 24.8 Å². The fraction of sp³-hybridized carbons (Fsp3) is 0.667. The molecule has 0 unspecified atom stereocenters. The van der Waals surface area contributed by atoms with E-state index in [9.17, 15) is 15.2 Å². The van der Waals surface area contributed by atoms with Gasteiger partial charge < -0.3 is 15.2 Å². The molecule has 1 aliphatic heterocycles. The molecule has 2 aliphatic rings. The largest absolute Gasteiger partial charge is 0.500 e. The Morgan fingerprint density at radius 3 is 2.41 bits per heavy atom. The lowest BCUT2D eigenvalue weighted by Crippen LogP contribution is -2.47. The Morgan fingerprint density at radius 2 is 1.85 bits per heavy atom. The number of nitro benzene ring substituents is 1. The van der Waals surface area contributed by atoms with E-state index in [1.54, 1.807) is 12.1 Å². The van der Waals surface area contributed by atoms with E-state index in [0.29, 0.717) is 5.92 Å². The van der Waals surface area contributed by atoms with Crippen molar-refractivity contribution in [3.05, 3.63) is 27.8 Å². The quantitative estimate of drug-likeness (QED) is 0.556. The molecule has 1 aromatic carbocycles. The van der Waals surface area contributed by atoms with Gasteiger partial charge in [0.15, 0.2) is 5.75 Å². The van der Waals surface area contributed by atoms with Crippen molar-refractivity contribution in [1.29, 1.82) is 0 Å². The van der Waals surface area contributed by atoms with Crippen molar-refractivity contribution in [2.45, 2.75) is 38.1 Å². The van der Waals surface area contributed by atoms with Crippen molar-refractivity contribution in [3.8, 4) is 11.5 Å². The van der Waals surface area contributed by atoms with E-state index in [2.05, 4.69) is 10.2 Å². The number of piperazine rings is 1. The van der Waals surface area contributed by atoms with Crippen molar-refractivity contribution in [1.82, 2.24) is 10.2 Å². The molecule has 7 nitrogen and oxygen atoms in total. The average Bonchev–Trinajstić information content (AvgIpc) is 2.64. The van der Waals surface area contributed by atoms with Crippen molar-refractivity contribution in [2.24, 2.45) is 5.92 Å². The summed E-state index contributed by atoms with van der Waals surface area (Å²) in [4.78, 5) is 13.3. The maximum Gasteiger partial charge on any atom is 0.314 e. The van der Waals surface area contributed by atoms with Crippen molar-refractivity contribution < 1.29 is 14.8 Å². The van der Waals surface area contributed by atoms with Crippen molar-refractivity contribution in [3.63, 3.8) is 0 Å². The van der Waals surface area contributed by atoms with E-state index in [-0.39, 0.29) is 48.0 Å². The zero-order chi connectivity index (χ0) is 17.8. The van der Waals surface area contributed by atoms with E-state index in [4.69, 9.17) is 4.74 Å². The summed E-state index contributed by atoms with van der Waals surface area (Å²) >= 11 is 0. The smallest absolute Gasteiger partial charge is 0.314 e. The number of nitrogens with zero attached hydrogens (tertiary/aromatic N) is 2. The second-order valence-electron chi connectivity index (χ2n) is 6.98. The molecule has 0 spiro atoms. The van der Waals surface area contributed by atoms with E-state index >= 15 is 0 Å².